The Kier molecular flexibility index (Phi) is 2.35. The number of rotatable bonds is 3. The van der Waals surface area contributed by atoms with Gasteiger partial charge >= 0.3 is 0 Å². The molecule has 3 nitrogen and oxygen atoms in total. The third-order valence-corrected chi connectivity index (χ3v) is 3.03. The van der Waals surface area contributed by atoms with Crippen LogP contribution in [-0.2, 0) is 4.74 Å². The van der Waals surface area contributed by atoms with Gasteiger partial charge in [0.05, 0.1) is 19.3 Å². The monoisotopic (exact) mass is 171 g/mol. The summed E-state index contributed by atoms with van der Waals surface area (Å²) in [7, 11) is 0. The molecule has 2 aliphatic heterocycles. The summed E-state index contributed by atoms with van der Waals surface area (Å²) in [6, 6.07) is 0.384. The fourth-order valence-electron chi connectivity index (χ4n) is 2.04. The Morgan fingerprint density at radius 2 is 2.33 bits per heavy atom. The van der Waals surface area contributed by atoms with E-state index in [2.05, 4.69) is 11.8 Å². The molecule has 0 radical (unpaired) electrons. The second kappa shape index (κ2) is 3.32. The molecule has 0 aromatic carbocycles. The minimum absolute atomic E-state index is 0.299. The number of likely N-dealkylation sites (tertiary alicyclic amines) is 1. The minimum Gasteiger partial charge on any atom is -0.395 e. The maximum absolute atomic E-state index is 9.16. The quantitative estimate of drug-likeness (QED) is 0.611. The van der Waals surface area contributed by atoms with Gasteiger partial charge in [-0.1, -0.05) is 6.92 Å². The number of nitrogens with zero attached hydrogens (tertiary/aromatic N) is 1. The molecule has 3 heteroatoms. The summed E-state index contributed by atoms with van der Waals surface area (Å²) in [6.45, 7) is 5.59. The first kappa shape index (κ1) is 8.48. The van der Waals surface area contributed by atoms with Crippen LogP contribution in [0.3, 0.4) is 0 Å². The van der Waals surface area contributed by atoms with E-state index >= 15 is 0 Å². The average molecular weight is 171 g/mol. The third-order valence-electron chi connectivity index (χ3n) is 3.03. The van der Waals surface area contributed by atoms with E-state index in [1.165, 1.54) is 6.42 Å². The summed E-state index contributed by atoms with van der Waals surface area (Å²) in [4.78, 5) is 2.36. The first-order valence-corrected chi connectivity index (χ1v) is 4.77. The largest absolute Gasteiger partial charge is 0.395 e. The smallest absolute Gasteiger partial charge is 0.0936 e. The molecule has 3 unspecified atom stereocenters. The maximum atomic E-state index is 9.16. The van der Waals surface area contributed by atoms with Crippen LogP contribution in [0.5, 0.6) is 0 Å². The van der Waals surface area contributed by atoms with Crippen LogP contribution >= 0.6 is 0 Å². The fourth-order valence-corrected chi connectivity index (χ4v) is 2.04. The highest BCUT2D eigenvalue weighted by Gasteiger charge is 2.34. The summed E-state index contributed by atoms with van der Waals surface area (Å²) in [5.41, 5.74) is 0. The summed E-state index contributed by atoms with van der Waals surface area (Å²) in [6.07, 6.45) is 1.68. The molecule has 0 bridgehead atoms. The lowest BCUT2D eigenvalue weighted by molar-refractivity contribution is 0.132. The predicted octanol–water partition coefficient (Wildman–Crippen LogP) is 0.0879. The van der Waals surface area contributed by atoms with Crippen molar-refractivity contribution in [1.29, 1.82) is 0 Å². The van der Waals surface area contributed by atoms with Crippen molar-refractivity contribution in [3.05, 3.63) is 0 Å². The van der Waals surface area contributed by atoms with E-state index in [9.17, 15) is 0 Å². The SMILES string of the molecule is CC1CCN(CC2CO2)C1CO. The van der Waals surface area contributed by atoms with Gasteiger partial charge in [0, 0.05) is 12.6 Å². The standard InChI is InChI=1S/C9H17NO2/c1-7-2-3-10(9(7)5-11)4-8-6-12-8/h7-9,11H,2-6H2,1H3. The van der Waals surface area contributed by atoms with Crippen LogP contribution in [0.25, 0.3) is 0 Å². The lowest BCUT2D eigenvalue weighted by Gasteiger charge is -2.23. The van der Waals surface area contributed by atoms with Crippen LogP contribution in [0.1, 0.15) is 13.3 Å². The zero-order chi connectivity index (χ0) is 8.55. The van der Waals surface area contributed by atoms with Crippen molar-refractivity contribution in [2.75, 3.05) is 26.3 Å². The second-order valence-corrected chi connectivity index (χ2v) is 3.97. The van der Waals surface area contributed by atoms with Gasteiger partial charge < -0.3 is 9.84 Å². The van der Waals surface area contributed by atoms with Crippen molar-refractivity contribution < 1.29 is 9.84 Å². The molecule has 0 aliphatic carbocycles. The third kappa shape index (κ3) is 1.63. The normalized spacial score (nSPS) is 42.0. The minimum atomic E-state index is 0.299. The van der Waals surface area contributed by atoms with E-state index in [0.29, 0.717) is 24.7 Å². The molecule has 0 aromatic rings. The maximum Gasteiger partial charge on any atom is 0.0936 e. The molecule has 12 heavy (non-hydrogen) atoms. The Bertz CT molecular complexity index is 159. The van der Waals surface area contributed by atoms with Gasteiger partial charge in [0.25, 0.3) is 0 Å². The molecule has 2 fully saturated rings. The van der Waals surface area contributed by atoms with E-state index in [-0.39, 0.29) is 0 Å². The summed E-state index contributed by atoms with van der Waals surface area (Å²) >= 11 is 0. The number of hydrogen-bond acceptors (Lipinski definition) is 3. The Morgan fingerprint density at radius 3 is 2.92 bits per heavy atom. The van der Waals surface area contributed by atoms with Crippen molar-refractivity contribution in [3.8, 4) is 0 Å². The van der Waals surface area contributed by atoms with E-state index in [1.807, 2.05) is 0 Å². The van der Waals surface area contributed by atoms with Crippen LogP contribution in [0, 0.1) is 5.92 Å². The summed E-state index contributed by atoms with van der Waals surface area (Å²) in [5.74, 6) is 0.647. The second-order valence-electron chi connectivity index (χ2n) is 3.97. The van der Waals surface area contributed by atoms with E-state index in [0.717, 1.165) is 19.7 Å². The van der Waals surface area contributed by atoms with E-state index in [1.54, 1.807) is 0 Å². The molecule has 0 aromatic heterocycles. The topological polar surface area (TPSA) is 36.0 Å². The van der Waals surface area contributed by atoms with Crippen molar-refractivity contribution in [2.45, 2.75) is 25.5 Å². The van der Waals surface area contributed by atoms with Gasteiger partial charge in [0.15, 0.2) is 0 Å². The molecule has 2 heterocycles. The van der Waals surface area contributed by atoms with Crippen LogP contribution in [0.15, 0.2) is 0 Å². The Morgan fingerprint density at radius 1 is 1.58 bits per heavy atom. The van der Waals surface area contributed by atoms with Crippen molar-refractivity contribution in [3.63, 3.8) is 0 Å². The van der Waals surface area contributed by atoms with Crippen molar-refractivity contribution in [1.82, 2.24) is 4.90 Å². The van der Waals surface area contributed by atoms with Gasteiger partial charge in [-0.25, -0.2) is 0 Å². The van der Waals surface area contributed by atoms with Gasteiger partial charge in [-0.05, 0) is 18.9 Å². The first-order chi connectivity index (χ1) is 5.81. The zero-order valence-electron chi connectivity index (χ0n) is 7.57. The van der Waals surface area contributed by atoms with Crippen LogP contribution in [-0.4, -0.2) is 48.5 Å². The molecule has 0 amide bonds. The average Bonchev–Trinajstić information content (AvgIpc) is 2.78. The number of aliphatic hydroxyl groups is 1. The van der Waals surface area contributed by atoms with E-state index in [4.69, 9.17) is 9.84 Å². The lowest BCUT2D eigenvalue weighted by atomic mass is 10.0. The highest BCUT2D eigenvalue weighted by atomic mass is 16.6. The molecule has 2 aliphatic rings. The number of hydrogen-bond donors (Lipinski definition) is 1. The molecular weight excluding hydrogens is 154 g/mol. The zero-order valence-corrected chi connectivity index (χ0v) is 7.57. The van der Waals surface area contributed by atoms with Gasteiger partial charge in [-0.2, -0.15) is 0 Å². The van der Waals surface area contributed by atoms with Crippen LogP contribution in [0.2, 0.25) is 0 Å². The Balaban J connectivity index is 1.86. The van der Waals surface area contributed by atoms with Crippen molar-refractivity contribution >= 4 is 0 Å². The summed E-state index contributed by atoms with van der Waals surface area (Å²) in [5, 5.41) is 9.16. The highest BCUT2D eigenvalue weighted by Crippen LogP contribution is 2.25. The molecule has 0 spiro atoms. The number of aliphatic hydroxyl groups excluding tert-OH is 1. The molecule has 1 N–H and O–H groups in total. The van der Waals surface area contributed by atoms with Crippen LogP contribution < -0.4 is 0 Å². The van der Waals surface area contributed by atoms with Gasteiger partial charge in [-0.3, -0.25) is 4.90 Å². The molecule has 0 saturated carbocycles. The molecule has 3 atom stereocenters. The van der Waals surface area contributed by atoms with E-state index < -0.39 is 0 Å². The Hall–Kier alpha value is -0.120. The van der Waals surface area contributed by atoms with Crippen molar-refractivity contribution in [2.24, 2.45) is 5.92 Å². The van der Waals surface area contributed by atoms with Gasteiger partial charge in [0.2, 0.25) is 0 Å². The highest BCUT2D eigenvalue weighted by molar-refractivity contribution is 4.87. The predicted molar refractivity (Wildman–Crippen MR) is 46.0 cm³/mol. The molecule has 2 rings (SSSR count). The van der Waals surface area contributed by atoms with Gasteiger partial charge in [0.1, 0.15) is 0 Å². The fraction of sp³-hybridized carbons (Fsp3) is 1.00. The summed E-state index contributed by atoms with van der Waals surface area (Å²) < 4.78 is 5.18. The number of epoxide rings is 1. The van der Waals surface area contributed by atoms with Crippen LogP contribution in [0.4, 0.5) is 0 Å². The number of ether oxygens (including phenoxy) is 1. The Labute approximate surface area is 73.3 Å². The van der Waals surface area contributed by atoms with Gasteiger partial charge in [-0.15, -0.1) is 0 Å². The first-order valence-electron chi connectivity index (χ1n) is 4.77. The molecule has 70 valence electrons. The molecule has 2 saturated heterocycles. The molecular formula is C9H17NO2. The lowest BCUT2D eigenvalue weighted by Crippen LogP contribution is -2.37.